The SMILES string of the molecule is CC(C)=CC(CC(C)(C)c1ccc(C(F)(F)F)cc1)N1CCC(O)(c2ccccc2)CC1. The smallest absolute Gasteiger partial charge is 0.385 e. The third-order valence-corrected chi connectivity index (χ3v) is 6.64. The summed E-state index contributed by atoms with van der Waals surface area (Å²) < 4.78 is 38.9. The predicted molar refractivity (Wildman–Crippen MR) is 123 cm³/mol. The topological polar surface area (TPSA) is 23.5 Å². The van der Waals surface area contributed by atoms with E-state index >= 15 is 0 Å². The molecule has 0 spiro atoms. The Bertz CT molecular complexity index is 904. The van der Waals surface area contributed by atoms with Crippen LogP contribution in [0.15, 0.2) is 66.2 Å². The predicted octanol–water partition coefficient (Wildman–Crippen LogP) is 6.69. The Morgan fingerprint density at radius 2 is 1.50 bits per heavy atom. The van der Waals surface area contributed by atoms with E-state index in [-0.39, 0.29) is 11.5 Å². The van der Waals surface area contributed by atoms with Crippen LogP contribution < -0.4 is 0 Å². The molecule has 1 N–H and O–H groups in total. The Balaban J connectivity index is 1.75. The number of allylic oxidation sites excluding steroid dienone is 1. The van der Waals surface area contributed by atoms with E-state index in [1.165, 1.54) is 17.7 Å². The summed E-state index contributed by atoms with van der Waals surface area (Å²) in [4.78, 5) is 2.40. The fraction of sp³-hybridized carbons (Fsp3) is 0.481. The lowest BCUT2D eigenvalue weighted by molar-refractivity contribution is -0.137. The molecule has 0 aliphatic carbocycles. The molecule has 2 aromatic carbocycles. The van der Waals surface area contributed by atoms with E-state index in [0.717, 1.165) is 30.6 Å². The number of alkyl halides is 3. The molecule has 3 rings (SSSR count). The van der Waals surface area contributed by atoms with Gasteiger partial charge >= 0.3 is 6.18 Å². The number of rotatable bonds is 6. The molecule has 0 amide bonds. The standard InChI is InChI=1S/C27H34F3NO/c1-20(2)18-24(19-25(3,4)21-10-12-23(13-11-21)27(28,29)30)31-16-14-26(32,15-17-31)22-8-6-5-7-9-22/h5-13,18,24,32H,14-17,19H2,1-4H3. The number of nitrogens with zero attached hydrogens (tertiary/aromatic N) is 1. The van der Waals surface area contributed by atoms with Crippen molar-refractivity contribution in [3.8, 4) is 0 Å². The number of halogens is 3. The second kappa shape index (κ2) is 9.40. The average molecular weight is 446 g/mol. The van der Waals surface area contributed by atoms with Crippen molar-refractivity contribution in [2.75, 3.05) is 13.1 Å². The third kappa shape index (κ3) is 5.81. The minimum Gasteiger partial charge on any atom is -0.385 e. The number of likely N-dealkylation sites (tertiary alicyclic amines) is 1. The molecule has 0 bridgehead atoms. The monoisotopic (exact) mass is 445 g/mol. The highest BCUT2D eigenvalue weighted by Gasteiger charge is 2.37. The van der Waals surface area contributed by atoms with Gasteiger partial charge in [-0.25, -0.2) is 0 Å². The zero-order valence-corrected chi connectivity index (χ0v) is 19.4. The van der Waals surface area contributed by atoms with Gasteiger partial charge in [-0.3, -0.25) is 4.90 Å². The van der Waals surface area contributed by atoms with Crippen molar-refractivity contribution in [1.82, 2.24) is 4.90 Å². The van der Waals surface area contributed by atoms with Gasteiger partial charge in [0.05, 0.1) is 11.2 Å². The van der Waals surface area contributed by atoms with Gasteiger partial charge in [-0.15, -0.1) is 0 Å². The molecule has 174 valence electrons. The van der Waals surface area contributed by atoms with Gasteiger partial charge in [0.15, 0.2) is 0 Å². The van der Waals surface area contributed by atoms with E-state index in [2.05, 4.69) is 38.7 Å². The number of aliphatic hydroxyl groups is 1. The molecule has 1 atom stereocenters. The van der Waals surface area contributed by atoms with E-state index in [4.69, 9.17) is 0 Å². The van der Waals surface area contributed by atoms with E-state index in [1.54, 1.807) is 12.1 Å². The van der Waals surface area contributed by atoms with Crippen molar-refractivity contribution in [2.24, 2.45) is 0 Å². The van der Waals surface area contributed by atoms with Crippen LogP contribution in [0.25, 0.3) is 0 Å². The van der Waals surface area contributed by atoms with Gasteiger partial charge in [0, 0.05) is 19.1 Å². The molecule has 0 radical (unpaired) electrons. The molecular weight excluding hydrogens is 411 g/mol. The van der Waals surface area contributed by atoms with Crippen molar-refractivity contribution in [3.63, 3.8) is 0 Å². The molecule has 1 aliphatic heterocycles. The van der Waals surface area contributed by atoms with Crippen molar-refractivity contribution in [1.29, 1.82) is 0 Å². The third-order valence-electron chi connectivity index (χ3n) is 6.64. The summed E-state index contributed by atoms with van der Waals surface area (Å²) in [5.41, 5.74) is 1.35. The van der Waals surface area contributed by atoms with Crippen LogP contribution in [0.3, 0.4) is 0 Å². The first-order valence-electron chi connectivity index (χ1n) is 11.3. The van der Waals surface area contributed by atoms with Crippen LogP contribution in [0, 0.1) is 0 Å². The van der Waals surface area contributed by atoms with E-state index in [0.29, 0.717) is 12.8 Å². The first-order valence-corrected chi connectivity index (χ1v) is 11.3. The molecular formula is C27H34F3NO. The Labute approximate surface area is 189 Å². The minimum atomic E-state index is -4.32. The summed E-state index contributed by atoms with van der Waals surface area (Å²) >= 11 is 0. The fourth-order valence-electron chi connectivity index (χ4n) is 4.69. The molecule has 2 aromatic rings. The van der Waals surface area contributed by atoms with Crippen LogP contribution >= 0.6 is 0 Å². The van der Waals surface area contributed by atoms with Gasteiger partial charge in [0.25, 0.3) is 0 Å². The quantitative estimate of drug-likeness (QED) is 0.501. The first-order chi connectivity index (χ1) is 14.9. The van der Waals surface area contributed by atoms with Gasteiger partial charge < -0.3 is 5.11 Å². The number of hydrogen-bond donors (Lipinski definition) is 1. The molecule has 1 unspecified atom stereocenters. The lowest BCUT2D eigenvalue weighted by atomic mass is 9.77. The molecule has 32 heavy (non-hydrogen) atoms. The Kier molecular flexibility index (Phi) is 7.21. The largest absolute Gasteiger partial charge is 0.416 e. The van der Waals surface area contributed by atoms with Crippen molar-refractivity contribution < 1.29 is 18.3 Å². The van der Waals surface area contributed by atoms with Gasteiger partial charge in [-0.2, -0.15) is 13.2 Å². The summed E-state index contributed by atoms with van der Waals surface area (Å²) in [5, 5.41) is 11.2. The molecule has 1 fully saturated rings. The first kappa shape index (κ1) is 24.5. The van der Waals surface area contributed by atoms with E-state index < -0.39 is 17.3 Å². The summed E-state index contributed by atoms with van der Waals surface area (Å²) in [5.74, 6) is 0. The highest BCUT2D eigenvalue weighted by molar-refractivity contribution is 5.30. The van der Waals surface area contributed by atoms with Crippen LogP contribution in [0.1, 0.15) is 63.6 Å². The summed E-state index contributed by atoms with van der Waals surface area (Å²) in [6.07, 6.45) is 0.0261. The van der Waals surface area contributed by atoms with Crippen molar-refractivity contribution in [3.05, 3.63) is 82.9 Å². The molecule has 1 heterocycles. The Hall–Kier alpha value is -2.11. The molecule has 2 nitrogen and oxygen atoms in total. The van der Waals surface area contributed by atoms with Gasteiger partial charge in [-0.1, -0.05) is 68.0 Å². The van der Waals surface area contributed by atoms with Crippen LogP contribution in [0.4, 0.5) is 13.2 Å². The van der Waals surface area contributed by atoms with Crippen molar-refractivity contribution >= 4 is 0 Å². The Morgan fingerprint density at radius 3 is 2.00 bits per heavy atom. The highest BCUT2D eigenvalue weighted by Crippen LogP contribution is 2.37. The van der Waals surface area contributed by atoms with Gasteiger partial charge in [0.1, 0.15) is 0 Å². The summed E-state index contributed by atoms with van der Waals surface area (Å²) in [6.45, 7) is 9.86. The maximum Gasteiger partial charge on any atom is 0.416 e. The van der Waals surface area contributed by atoms with Crippen LogP contribution in [0.5, 0.6) is 0 Å². The number of benzene rings is 2. The van der Waals surface area contributed by atoms with Crippen LogP contribution in [0.2, 0.25) is 0 Å². The van der Waals surface area contributed by atoms with Gasteiger partial charge in [0.2, 0.25) is 0 Å². The zero-order chi connectivity index (χ0) is 23.6. The van der Waals surface area contributed by atoms with E-state index in [1.807, 2.05) is 30.3 Å². The molecule has 1 aliphatic rings. The summed E-state index contributed by atoms with van der Waals surface area (Å²) in [7, 11) is 0. The van der Waals surface area contributed by atoms with E-state index in [9.17, 15) is 18.3 Å². The van der Waals surface area contributed by atoms with Crippen LogP contribution in [-0.4, -0.2) is 29.1 Å². The molecule has 0 aromatic heterocycles. The zero-order valence-electron chi connectivity index (χ0n) is 19.4. The number of piperidine rings is 1. The Morgan fingerprint density at radius 1 is 0.969 bits per heavy atom. The lowest BCUT2D eigenvalue weighted by Gasteiger charge is -2.43. The normalized spacial score (nSPS) is 18.2. The molecule has 1 saturated heterocycles. The lowest BCUT2D eigenvalue weighted by Crippen LogP contribution is -2.48. The average Bonchev–Trinajstić information content (AvgIpc) is 2.73. The molecule has 0 saturated carbocycles. The summed E-state index contributed by atoms with van der Waals surface area (Å²) in [6, 6.07) is 15.5. The van der Waals surface area contributed by atoms with Crippen LogP contribution in [-0.2, 0) is 17.2 Å². The maximum absolute atomic E-state index is 13.0. The highest BCUT2D eigenvalue weighted by atomic mass is 19.4. The number of hydrogen-bond acceptors (Lipinski definition) is 2. The maximum atomic E-state index is 13.0. The fourth-order valence-corrected chi connectivity index (χ4v) is 4.69. The minimum absolute atomic E-state index is 0.151. The van der Waals surface area contributed by atoms with Gasteiger partial charge in [-0.05, 0) is 61.8 Å². The van der Waals surface area contributed by atoms with Crippen molar-refractivity contribution in [2.45, 2.75) is 70.2 Å². The second-order valence-electron chi connectivity index (χ2n) is 9.91. The second-order valence-corrected chi connectivity index (χ2v) is 9.91. The molecule has 5 heteroatoms.